The first kappa shape index (κ1) is 12.6. The molecule has 0 aromatic heterocycles. The molecule has 0 aliphatic rings. The first-order valence-electron chi connectivity index (χ1n) is 4.37. The van der Waals surface area contributed by atoms with Gasteiger partial charge in [-0.25, -0.2) is 0 Å². The Morgan fingerprint density at radius 1 is 1.44 bits per heavy atom. The van der Waals surface area contributed by atoms with Crippen LogP contribution in [0, 0.1) is 22.5 Å². The summed E-state index contributed by atoms with van der Waals surface area (Å²) >= 11 is 11.5. The zero-order chi connectivity index (χ0) is 12.1. The lowest BCUT2D eigenvalue weighted by Gasteiger charge is -2.06. The highest BCUT2D eigenvalue weighted by Gasteiger charge is 2.16. The number of hydrogen-bond acceptors (Lipinski definition) is 3. The van der Waals surface area contributed by atoms with Crippen LogP contribution in [0.2, 0.25) is 10.0 Å². The van der Waals surface area contributed by atoms with Crippen LogP contribution in [0.15, 0.2) is 12.1 Å². The number of anilines is 1. The lowest BCUT2D eigenvalue weighted by Crippen LogP contribution is -2.03. The first-order valence-corrected chi connectivity index (χ1v) is 5.12. The predicted molar refractivity (Wildman–Crippen MR) is 65.1 cm³/mol. The van der Waals surface area contributed by atoms with Crippen molar-refractivity contribution in [1.29, 1.82) is 0 Å². The van der Waals surface area contributed by atoms with Crippen LogP contribution in [0.25, 0.3) is 0 Å². The molecule has 1 rings (SSSR count). The first-order chi connectivity index (χ1) is 7.56. The average Bonchev–Trinajstić information content (AvgIpc) is 2.23. The fourth-order valence-corrected chi connectivity index (χ4v) is 1.42. The maximum Gasteiger partial charge on any atom is 0.293 e. The van der Waals surface area contributed by atoms with Crippen molar-refractivity contribution in [2.45, 2.75) is 6.42 Å². The highest BCUT2D eigenvalue weighted by Crippen LogP contribution is 2.33. The van der Waals surface area contributed by atoms with Crippen molar-refractivity contribution in [2.75, 3.05) is 11.9 Å². The van der Waals surface area contributed by atoms with Crippen molar-refractivity contribution in [1.82, 2.24) is 0 Å². The highest BCUT2D eigenvalue weighted by atomic mass is 35.5. The smallest absolute Gasteiger partial charge is 0.293 e. The fourth-order valence-electron chi connectivity index (χ4n) is 1.10. The van der Waals surface area contributed by atoms with Gasteiger partial charge < -0.3 is 5.32 Å². The maximum absolute atomic E-state index is 10.7. The Labute approximate surface area is 103 Å². The Hall–Kier alpha value is -1.44. The Morgan fingerprint density at radius 2 is 2.06 bits per heavy atom. The van der Waals surface area contributed by atoms with Gasteiger partial charge in [0.05, 0.1) is 15.0 Å². The summed E-state index contributed by atoms with van der Waals surface area (Å²) in [7, 11) is 0. The second kappa shape index (κ2) is 5.59. The number of hydrogen-bond donors (Lipinski definition) is 1. The third kappa shape index (κ3) is 3.02. The largest absolute Gasteiger partial charge is 0.378 e. The molecule has 0 saturated heterocycles. The van der Waals surface area contributed by atoms with E-state index in [9.17, 15) is 10.1 Å². The molecule has 0 aliphatic carbocycles. The van der Waals surface area contributed by atoms with E-state index in [1.54, 1.807) is 0 Å². The molecule has 4 nitrogen and oxygen atoms in total. The summed E-state index contributed by atoms with van der Waals surface area (Å²) in [6, 6.07) is 2.63. The molecule has 0 unspecified atom stereocenters. The van der Waals surface area contributed by atoms with Crippen molar-refractivity contribution >= 4 is 34.6 Å². The minimum Gasteiger partial charge on any atom is -0.378 e. The van der Waals surface area contributed by atoms with Crippen molar-refractivity contribution in [3.05, 3.63) is 32.3 Å². The summed E-state index contributed by atoms with van der Waals surface area (Å²) in [6.45, 7) is 0.440. The highest BCUT2D eigenvalue weighted by molar-refractivity contribution is 6.42. The van der Waals surface area contributed by atoms with Gasteiger partial charge >= 0.3 is 0 Å². The fraction of sp³-hybridized carbons (Fsp3) is 0.200. The molecule has 0 saturated carbocycles. The summed E-state index contributed by atoms with van der Waals surface area (Å²) in [4.78, 5) is 10.2. The van der Waals surface area contributed by atoms with Crippen LogP contribution in [-0.4, -0.2) is 11.5 Å². The number of halogens is 2. The standard InChI is InChI=1S/C10H8Cl2N2O2/c1-2-3-4-13-9-5-7(11)8(12)6-10(9)14(15)16/h1,5-6,13H,3-4H2. The summed E-state index contributed by atoms with van der Waals surface area (Å²) in [6.07, 6.45) is 5.54. The van der Waals surface area contributed by atoms with E-state index >= 15 is 0 Å². The molecule has 0 amide bonds. The zero-order valence-corrected chi connectivity index (χ0v) is 9.68. The molecule has 1 N–H and O–H groups in total. The van der Waals surface area contributed by atoms with Gasteiger partial charge in [-0.3, -0.25) is 10.1 Å². The van der Waals surface area contributed by atoms with Gasteiger partial charge in [-0.05, 0) is 6.07 Å². The third-order valence-corrected chi connectivity index (χ3v) is 2.54. The van der Waals surface area contributed by atoms with Gasteiger partial charge in [0.25, 0.3) is 5.69 Å². The molecule has 0 fully saturated rings. The van der Waals surface area contributed by atoms with Crippen molar-refractivity contribution < 1.29 is 4.92 Å². The van der Waals surface area contributed by atoms with Gasteiger partial charge in [-0.15, -0.1) is 12.3 Å². The maximum atomic E-state index is 10.7. The average molecular weight is 259 g/mol. The minimum atomic E-state index is -0.527. The molecule has 0 spiro atoms. The van der Waals surface area contributed by atoms with E-state index in [0.29, 0.717) is 18.7 Å². The number of nitro groups is 1. The molecular formula is C10H8Cl2N2O2. The molecule has 16 heavy (non-hydrogen) atoms. The van der Waals surface area contributed by atoms with Crippen molar-refractivity contribution in [2.24, 2.45) is 0 Å². The summed E-state index contributed by atoms with van der Waals surface area (Å²) < 4.78 is 0. The molecule has 6 heteroatoms. The lowest BCUT2D eigenvalue weighted by molar-refractivity contribution is -0.383. The number of rotatable bonds is 4. The molecule has 0 bridgehead atoms. The van der Waals surface area contributed by atoms with Crippen LogP contribution in [-0.2, 0) is 0 Å². The summed E-state index contributed by atoms with van der Waals surface area (Å²) in [5.74, 6) is 2.42. The second-order valence-electron chi connectivity index (χ2n) is 2.92. The van der Waals surface area contributed by atoms with E-state index in [2.05, 4.69) is 11.2 Å². The number of nitro benzene ring substituents is 1. The van der Waals surface area contributed by atoms with Crippen molar-refractivity contribution in [3.8, 4) is 12.3 Å². The van der Waals surface area contributed by atoms with E-state index in [1.165, 1.54) is 12.1 Å². The molecule has 0 radical (unpaired) electrons. The molecule has 84 valence electrons. The van der Waals surface area contributed by atoms with Gasteiger partial charge in [0.2, 0.25) is 0 Å². The molecule has 1 aromatic carbocycles. The van der Waals surface area contributed by atoms with Crippen LogP contribution in [0.1, 0.15) is 6.42 Å². The van der Waals surface area contributed by atoms with E-state index in [0.717, 1.165) is 0 Å². The van der Waals surface area contributed by atoms with Crippen LogP contribution in [0.4, 0.5) is 11.4 Å². The van der Waals surface area contributed by atoms with E-state index < -0.39 is 4.92 Å². The molecule has 0 aliphatic heterocycles. The van der Waals surface area contributed by atoms with Gasteiger partial charge in [-0.1, -0.05) is 23.2 Å². The Morgan fingerprint density at radius 3 is 2.62 bits per heavy atom. The van der Waals surface area contributed by atoms with Crippen LogP contribution >= 0.6 is 23.2 Å². The predicted octanol–water partition coefficient (Wildman–Crippen LogP) is 3.34. The molecule has 1 aromatic rings. The number of nitrogens with one attached hydrogen (secondary N) is 1. The molecule has 0 atom stereocenters. The van der Waals surface area contributed by atoms with Gasteiger partial charge in [0.15, 0.2) is 0 Å². The SMILES string of the molecule is C#CCCNc1cc(Cl)c(Cl)cc1[N+](=O)[O-]. The Bertz CT molecular complexity index is 455. The van der Waals surface area contributed by atoms with Crippen LogP contribution < -0.4 is 5.32 Å². The quantitative estimate of drug-likeness (QED) is 0.390. The number of terminal acetylenes is 1. The molecule has 0 heterocycles. The van der Waals surface area contributed by atoms with Gasteiger partial charge in [0, 0.05) is 19.0 Å². The zero-order valence-electron chi connectivity index (χ0n) is 8.17. The minimum absolute atomic E-state index is 0.119. The molecular weight excluding hydrogens is 251 g/mol. The van der Waals surface area contributed by atoms with E-state index in [4.69, 9.17) is 29.6 Å². The van der Waals surface area contributed by atoms with E-state index in [-0.39, 0.29) is 15.7 Å². The number of benzene rings is 1. The number of nitrogens with zero attached hydrogens (tertiary/aromatic N) is 1. The Balaban J connectivity index is 3.01. The van der Waals surface area contributed by atoms with Crippen LogP contribution in [0.5, 0.6) is 0 Å². The summed E-state index contributed by atoms with van der Waals surface area (Å²) in [5.41, 5.74) is 0.195. The second-order valence-corrected chi connectivity index (χ2v) is 3.74. The van der Waals surface area contributed by atoms with Crippen LogP contribution in [0.3, 0.4) is 0 Å². The topological polar surface area (TPSA) is 55.2 Å². The summed E-state index contributed by atoms with van der Waals surface area (Å²) in [5, 5.41) is 14.0. The normalized spacial score (nSPS) is 9.56. The van der Waals surface area contributed by atoms with Gasteiger partial charge in [-0.2, -0.15) is 0 Å². The van der Waals surface area contributed by atoms with Gasteiger partial charge in [0.1, 0.15) is 5.69 Å². The Kier molecular flexibility index (Phi) is 4.41. The monoisotopic (exact) mass is 258 g/mol. The lowest BCUT2D eigenvalue weighted by atomic mass is 10.2. The third-order valence-electron chi connectivity index (χ3n) is 1.82. The van der Waals surface area contributed by atoms with Crippen molar-refractivity contribution in [3.63, 3.8) is 0 Å². The van der Waals surface area contributed by atoms with E-state index in [1.807, 2.05) is 0 Å².